The number of hydrogen-bond acceptors (Lipinski definition) is 5. The molecule has 6 heteroatoms. The van der Waals surface area contributed by atoms with E-state index in [1.807, 2.05) is 26.0 Å². The van der Waals surface area contributed by atoms with Gasteiger partial charge < -0.3 is 9.73 Å². The van der Waals surface area contributed by atoms with Gasteiger partial charge in [0.2, 0.25) is 5.16 Å². The van der Waals surface area contributed by atoms with E-state index in [2.05, 4.69) is 20.5 Å². The summed E-state index contributed by atoms with van der Waals surface area (Å²) >= 11 is 1.64. The lowest BCUT2D eigenvalue weighted by atomic mass is 10.4. The Morgan fingerprint density at radius 2 is 2.29 bits per heavy atom. The first-order chi connectivity index (χ1) is 8.24. The minimum atomic E-state index is 0.765. The predicted molar refractivity (Wildman–Crippen MR) is 67.0 cm³/mol. The summed E-state index contributed by atoms with van der Waals surface area (Å²) in [6, 6.07) is 3.97. The highest BCUT2D eigenvalue weighted by Gasteiger charge is 2.00. The topological polar surface area (TPSA) is 66.7 Å². The van der Waals surface area contributed by atoms with Gasteiger partial charge in [-0.15, -0.1) is 5.10 Å². The van der Waals surface area contributed by atoms with Crippen LogP contribution in [0, 0.1) is 13.8 Å². The zero-order valence-electron chi connectivity index (χ0n) is 9.99. The first kappa shape index (κ1) is 12.2. The van der Waals surface area contributed by atoms with E-state index in [4.69, 9.17) is 4.42 Å². The van der Waals surface area contributed by atoms with E-state index in [1.165, 1.54) is 0 Å². The van der Waals surface area contributed by atoms with Gasteiger partial charge in [-0.1, -0.05) is 11.8 Å². The quantitative estimate of drug-likeness (QED) is 0.607. The number of H-pyrrole nitrogens is 1. The second kappa shape index (κ2) is 5.88. The third-order valence-corrected chi connectivity index (χ3v) is 3.03. The van der Waals surface area contributed by atoms with Gasteiger partial charge in [0.05, 0.1) is 6.54 Å². The van der Waals surface area contributed by atoms with E-state index in [0.29, 0.717) is 0 Å². The van der Waals surface area contributed by atoms with Crippen LogP contribution in [0.1, 0.15) is 17.3 Å². The van der Waals surface area contributed by atoms with Gasteiger partial charge in [0.1, 0.15) is 17.3 Å². The predicted octanol–water partition coefficient (Wildman–Crippen LogP) is 1.90. The normalized spacial score (nSPS) is 10.9. The number of thioether (sulfide) groups is 1. The molecule has 0 atom stereocenters. The Kier molecular flexibility index (Phi) is 4.22. The Balaban J connectivity index is 1.60. The molecule has 17 heavy (non-hydrogen) atoms. The number of aromatic nitrogens is 3. The molecule has 0 aliphatic heterocycles. The van der Waals surface area contributed by atoms with Crippen LogP contribution in [0.25, 0.3) is 0 Å². The van der Waals surface area contributed by atoms with Gasteiger partial charge in [-0.3, -0.25) is 5.10 Å². The molecule has 0 saturated heterocycles. The molecule has 0 aliphatic rings. The van der Waals surface area contributed by atoms with Gasteiger partial charge >= 0.3 is 0 Å². The van der Waals surface area contributed by atoms with Crippen molar-refractivity contribution >= 4 is 11.8 Å². The van der Waals surface area contributed by atoms with Crippen molar-refractivity contribution in [3.05, 3.63) is 29.5 Å². The molecule has 2 heterocycles. The fraction of sp³-hybridized carbons (Fsp3) is 0.455. The molecule has 2 aromatic heterocycles. The van der Waals surface area contributed by atoms with Crippen molar-refractivity contribution in [2.24, 2.45) is 0 Å². The maximum atomic E-state index is 5.45. The van der Waals surface area contributed by atoms with Crippen molar-refractivity contribution in [1.29, 1.82) is 0 Å². The van der Waals surface area contributed by atoms with Gasteiger partial charge in [0.15, 0.2) is 0 Å². The molecule has 5 nitrogen and oxygen atoms in total. The number of aromatic amines is 1. The molecular formula is C11H16N4OS. The molecule has 92 valence electrons. The molecule has 0 fully saturated rings. The number of rotatable bonds is 6. The average molecular weight is 252 g/mol. The first-order valence-corrected chi connectivity index (χ1v) is 6.50. The largest absolute Gasteiger partial charge is 0.465 e. The molecular weight excluding hydrogens is 236 g/mol. The Morgan fingerprint density at radius 1 is 1.41 bits per heavy atom. The third kappa shape index (κ3) is 3.90. The summed E-state index contributed by atoms with van der Waals surface area (Å²) in [6.45, 7) is 5.51. The lowest BCUT2D eigenvalue weighted by molar-refractivity contribution is 0.466. The fourth-order valence-corrected chi connectivity index (χ4v) is 2.13. The molecule has 0 aliphatic carbocycles. The summed E-state index contributed by atoms with van der Waals surface area (Å²) in [7, 11) is 0. The summed E-state index contributed by atoms with van der Waals surface area (Å²) in [4.78, 5) is 4.22. The lowest BCUT2D eigenvalue weighted by Gasteiger charge is -2.00. The first-order valence-electron chi connectivity index (χ1n) is 5.52. The maximum Gasteiger partial charge on any atom is 0.208 e. The Hall–Kier alpha value is -1.27. The van der Waals surface area contributed by atoms with Crippen molar-refractivity contribution in [1.82, 2.24) is 20.5 Å². The van der Waals surface area contributed by atoms with Crippen LogP contribution in [0.5, 0.6) is 0 Å². The van der Waals surface area contributed by atoms with Crippen molar-refractivity contribution in [3.8, 4) is 0 Å². The van der Waals surface area contributed by atoms with E-state index < -0.39 is 0 Å². The van der Waals surface area contributed by atoms with E-state index in [9.17, 15) is 0 Å². The van der Waals surface area contributed by atoms with Gasteiger partial charge in [0, 0.05) is 12.3 Å². The number of aryl methyl sites for hydroxylation is 2. The standard InChI is InChI=1S/C11H16N4OS/c1-8-3-4-10(16-8)7-12-5-6-17-11-13-9(2)14-15-11/h3-4,12H,5-7H2,1-2H3,(H,13,14,15). The lowest BCUT2D eigenvalue weighted by Crippen LogP contribution is -2.16. The molecule has 2 N–H and O–H groups in total. The van der Waals surface area contributed by atoms with Crippen LogP contribution in [0.3, 0.4) is 0 Å². The van der Waals surface area contributed by atoms with Gasteiger partial charge in [0.25, 0.3) is 0 Å². The maximum absolute atomic E-state index is 5.45. The number of nitrogens with zero attached hydrogens (tertiary/aromatic N) is 2. The Labute approximate surface area is 104 Å². The van der Waals surface area contributed by atoms with E-state index in [0.717, 1.165) is 41.3 Å². The molecule has 0 spiro atoms. The molecule has 0 amide bonds. The van der Waals surface area contributed by atoms with Crippen LogP contribution in [0.4, 0.5) is 0 Å². The van der Waals surface area contributed by atoms with Crippen LogP contribution in [0.15, 0.2) is 21.7 Å². The SMILES string of the molecule is Cc1nc(SCCNCc2ccc(C)o2)n[nH]1. The number of hydrogen-bond donors (Lipinski definition) is 2. The van der Waals surface area contributed by atoms with Gasteiger partial charge in [-0.2, -0.15) is 0 Å². The molecule has 0 bridgehead atoms. The highest BCUT2D eigenvalue weighted by Crippen LogP contribution is 2.10. The smallest absolute Gasteiger partial charge is 0.208 e. The third-order valence-electron chi connectivity index (χ3n) is 2.18. The van der Waals surface area contributed by atoms with Crippen LogP contribution >= 0.6 is 11.8 Å². The van der Waals surface area contributed by atoms with Crippen LogP contribution in [-0.2, 0) is 6.54 Å². The van der Waals surface area contributed by atoms with Crippen molar-refractivity contribution < 1.29 is 4.42 Å². The van der Waals surface area contributed by atoms with Gasteiger partial charge in [-0.05, 0) is 26.0 Å². The second-order valence-corrected chi connectivity index (χ2v) is 4.80. The molecule has 0 radical (unpaired) electrons. The van der Waals surface area contributed by atoms with Crippen LogP contribution in [0.2, 0.25) is 0 Å². The van der Waals surface area contributed by atoms with Crippen LogP contribution < -0.4 is 5.32 Å². The minimum Gasteiger partial charge on any atom is -0.465 e. The zero-order valence-corrected chi connectivity index (χ0v) is 10.8. The molecule has 2 aromatic rings. The minimum absolute atomic E-state index is 0.765. The molecule has 0 unspecified atom stereocenters. The number of nitrogens with one attached hydrogen (secondary N) is 2. The molecule has 2 rings (SSSR count). The summed E-state index contributed by atoms with van der Waals surface area (Å²) in [5, 5.41) is 11.0. The zero-order chi connectivity index (χ0) is 12.1. The van der Waals surface area contributed by atoms with Crippen molar-refractivity contribution in [2.75, 3.05) is 12.3 Å². The van der Waals surface area contributed by atoms with E-state index >= 15 is 0 Å². The Bertz CT molecular complexity index is 423. The van der Waals surface area contributed by atoms with Gasteiger partial charge in [-0.25, -0.2) is 4.98 Å². The average Bonchev–Trinajstić information content (AvgIpc) is 2.88. The summed E-state index contributed by atoms with van der Waals surface area (Å²) in [5.74, 6) is 3.72. The van der Waals surface area contributed by atoms with Crippen LogP contribution in [-0.4, -0.2) is 27.5 Å². The fourth-order valence-electron chi connectivity index (χ4n) is 1.39. The molecule has 0 saturated carbocycles. The highest BCUT2D eigenvalue weighted by molar-refractivity contribution is 7.99. The summed E-state index contributed by atoms with van der Waals surface area (Å²) in [6.07, 6.45) is 0. The Morgan fingerprint density at radius 3 is 2.94 bits per heavy atom. The summed E-state index contributed by atoms with van der Waals surface area (Å²) < 4.78 is 5.45. The summed E-state index contributed by atoms with van der Waals surface area (Å²) in [5.41, 5.74) is 0. The van der Waals surface area contributed by atoms with E-state index in [1.54, 1.807) is 11.8 Å². The van der Waals surface area contributed by atoms with E-state index in [-0.39, 0.29) is 0 Å². The van der Waals surface area contributed by atoms with Crippen molar-refractivity contribution in [3.63, 3.8) is 0 Å². The second-order valence-electron chi connectivity index (χ2n) is 3.74. The molecule has 0 aromatic carbocycles. The number of furan rings is 1. The van der Waals surface area contributed by atoms with Crippen molar-refractivity contribution in [2.45, 2.75) is 25.5 Å². The monoisotopic (exact) mass is 252 g/mol. The highest BCUT2D eigenvalue weighted by atomic mass is 32.2.